The van der Waals surface area contributed by atoms with E-state index in [4.69, 9.17) is 99.0 Å². The highest BCUT2D eigenvalue weighted by molar-refractivity contribution is 7.53. The van der Waals surface area contributed by atoms with Gasteiger partial charge in [0.05, 0.1) is 204 Å². The van der Waals surface area contributed by atoms with Crippen LogP contribution < -0.4 is 24.4 Å². The fourth-order valence-electron chi connectivity index (χ4n) is 8.76. The Balaban J connectivity index is 0.000000522. The van der Waals surface area contributed by atoms with Crippen molar-refractivity contribution in [2.75, 3.05) is 225 Å². The molecule has 0 saturated carbocycles. The SMILES string of the molecule is CCNC(=O)OCc1cc(OCc2cc(OCc3cc(C)cc(C)c3)cc(OCc3cc(C)cc(C)c3)c2)ccc1O[N+](=O)[O-].CCOCCOCCOCCOCCOCCOCCOCCOCCOCCOCCOCCOCCOCCOCCOCCP(=O)(OC)OCC. The van der Waals surface area contributed by atoms with E-state index in [1.165, 1.54) is 41.5 Å². The van der Waals surface area contributed by atoms with Crippen LogP contribution >= 0.6 is 7.60 Å². The Labute approximate surface area is 585 Å². The summed E-state index contributed by atoms with van der Waals surface area (Å²) in [4.78, 5) is 27.4. The van der Waals surface area contributed by atoms with Crippen molar-refractivity contribution in [2.45, 2.75) is 74.9 Å². The van der Waals surface area contributed by atoms with Crippen LogP contribution in [0.1, 0.15) is 65.3 Å². The zero-order chi connectivity index (χ0) is 71.5. The van der Waals surface area contributed by atoms with E-state index in [-0.39, 0.29) is 37.3 Å². The van der Waals surface area contributed by atoms with Gasteiger partial charge in [-0.05, 0) is 95.5 Å². The highest BCUT2D eigenvalue weighted by atomic mass is 31.2. The van der Waals surface area contributed by atoms with Crippen molar-refractivity contribution in [3.05, 3.63) is 127 Å². The predicted octanol–water partition coefficient (Wildman–Crippen LogP) is 9.61. The van der Waals surface area contributed by atoms with Crippen LogP contribution in [-0.4, -0.2) is 236 Å². The maximum absolute atomic E-state index is 12.1. The monoisotopic (exact) mass is 1430 g/mol. The molecule has 99 heavy (non-hydrogen) atoms. The van der Waals surface area contributed by atoms with E-state index in [9.17, 15) is 19.5 Å². The molecular weight excluding hydrogens is 1320 g/mol. The van der Waals surface area contributed by atoms with Gasteiger partial charge in [0, 0.05) is 31.9 Å². The number of carbonyl (C=O) groups excluding carboxylic acids is 1. The second-order valence-electron chi connectivity index (χ2n) is 21.6. The molecule has 0 fully saturated rings. The lowest BCUT2D eigenvalue weighted by molar-refractivity contribution is -0.711. The molecule has 0 bridgehead atoms. The molecule has 0 heterocycles. The second-order valence-corrected chi connectivity index (χ2v) is 23.9. The first-order chi connectivity index (χ1) is 48.2. The molecule has 0 aromatic heterocycles. The Hall–Kier alpha value is -5.70. The van der Waals surface area contributed by atoms with Gasteiger partial charge in [-0.1, -0.05) is 58.7 Å². The van der Waals surface area contributed by atoms with E-state index >= 15 is 0 Å². The fourth-order valence-corrected chi connectivity index (χ4v) is 9.92. The molecule has 29 heteroatoms. The highest BCUT2D eigenvalue weighted by Crippen LogP contribution is 2.46. The average Bonchev–Trinajstić information content (AvgIpc) is 0.931. The standard InChI is InChI=1S/C35H38N2O8.C35H73O18P/c1-6-36-35(38)44-22-30-17-31(7-8-34(30)45-37(39)40)41-21-29-15-32(42-19-27-11-23(2)9-24(3)12-27)18-33(16-29)43-20-28-13-25(4)10-26(5)14-28;1-4-38-6-7-39-8-9-40-10-11-41-12-13-42-14-15-43-16-17-44-18-19-45-20-21-46-22-23-47-24-25-48-26-27-49-28-29-50-30-31-51-32-33-52-34-35-54(36,37-3)53-5-2/h7-18H,6,19-22H2,1-5H3,(H,36,38);4-35H2,1-3H3. The van der Waals surface area contributed by atoms with Crippen LogP contribution in [0.15, 0.2) is 72.8 Å². The topological polar surface area (TPSA) is 292 Å². The largest absolute Gasteiger partial charge is 0.489 e. The van der Waals surface area contributed by atoms with Crippen LogP contribution in [-0.2, 0) is 116 Å². The van der Waals surface area contributed by atoms with Crippen molar-refractivity contribution in [1.82, 2.24) is 5.32 Å². The van der Waals surface area contributed by atoms with Gasteiger partial charge in [0.25, 0.3) is 5.09 Å². The maximum Gasteiger partial charge on any atom is 0.407 e. The molecule has 4 aromatic carbocycles. The summed E-state index contributed by atoms with van der Waals surface area (Å²) in [5, 5.41) is 12.6. The van der Waals surface area contributed by atoms with E-state index in [2.05, 4.69) is 74.2 Å². The lowest BCUT2D eigenvalue weighted by Gasteiger charge is -2.15. The molecule has 1 amide bonds. The van der Waals surface area contributed by atoms with Gasteiger partial charge in [-0.15, -0.1) is 10.1 Å². The van der Waals surface area contributed by atoms with Crippen LogP contribution in [0.5, 0.6) is 23.0 Å². The number of hydrogen-bond acceptors (Lipinski definition) is 26. The van der Waals surface area contributed by atoms with Crippen LogP contribution in [0.25, 0.3) is 0 Å². The molecule has 4 rings (SSSR count). The molecule has 562 valence electrons. The van der Waals surface area contributed by atoms with E-state index in [0.717, 1.165) is 16.7 Å². The molecule has 0 aliphatic heterocycles. The lowest BCUT2D eigenvalue weighted by atomic mass is 10.1. The minimum atomic E-state index is -3.04. The van der Waals surface area contributed by atoms with Gasteiger partial charge in [-0.3, -0.25) is 9.40 Å². The lowest BCUT2D eigenvalue weighted by Crippen LogP contribution is -2.23. The number of nitrogens with zero attached hydrogens (tertiary/aromatic N) is 1. The predicted molar refractivity (Wildman–Crippen MR) is 368 cm³/mol. The van der Waals surface area contributed by atoms with Gasteiger partial charge in [0.1, 0.15) is 49.4 Å². The van der Waals surface area contributed by atoms with Crippen molar-refractivity contribution in [2.24, 2.45) is 0 Å². The number of amides is 1. The van der Waals surface area contributed by atoms with Gasteiger partial charge < -0.3 is 104 Å². The van der Waals surface area contributed by atoms with Crippen molar-refractivity contribution >= 4 is 13.7 Å². The van der Waals surface area contributed by atoms with Crippen molar-refractivity contribution in [3.63, 3.8) is 0 Å². The quantitative estimate of drug-likeness (QED) is 0.0186. The van der Waals surface area contributed by atoms with E-state index in [1.54, 1.807) is 19.9 Å². The zero-order valence-electron chi connectivity index (χ0n) is 59.6. The first kappa shape index (κ1) is 87.5. The smallest absolute Gasteiger partial charge is 0.407 e. The highest BCUT2D eigenvalue weighted by Gasteiger charge is 2.21. The number of benzene rings is 4. The third-order valence-corrected chi connectivity index (χ3v) is 15.1. The number of rotatable bonds is 63. The first-order valence-corrected chi connectivity index (χ1v) is 35.4. The number of aryl methyl sites for hydroxylation is 4. The minimum Gasteiger partial charge on any atom is -0.489 e. The number of carbonyl (C=O) groups is 1. The molecule has 1 atom stereocenters. The van der Waals surface area contributed by atoms with E-state index < -0.39 is 18.8 Å². The Morgan fingerprint density at radius 2 is 0.727 bits per heavy atom. The molecule has 0 spiro atoms. The van der Waals surface area contributed by atoms with Crippen molar-refractivity contribution in [1.29, 1.82) is 0 Å². The van der Waals surface area contributed by atoms with Crippen LogP contribution in [0.3, 0.4) is 0 Å². The molecule has 0 saturated heterocycles. The van der Waals surface area contributed by atoms with Crippen molar-refractivity contribution in [3.8, 4) is 23.0 Å². The minimum absolute atomic E-state index is 0.0551. The van der Waals surface area contributed by atoms with Gasteiger partial charge in [-0.2, -0.15) is 0 Å². The van der Waals surface area contributed by atoms with E-state index in [0.29, 0.717) is 235 Å². The summed E-state index contributed by atoms with van der Waals surface area (Å²) < 4.78 is 127. The number of nitrogens with one attached hydrogen (secondary N) is 1. The number of alkyl carbamates (subject to hydrolysis) is 1. The Morgan fingerprint density at radius 1 is 0.404 bits per heavy atom. The number of hydrogen-bond donors (Lipinski definition) is 1. The summed E-state index contributed by atoms with van der Waals surface area (Å²) in [6.45, 7) is 30.1. The third-order valence-electron chi connectivity index (χ3n) is 13.1. The van der Waals surface area contributed by atoms with Crippen LogP contribution in [0.2, 0.25) is 0 Å². The maximum atomic E-state index is 12.1. The van der Waals surface area contributed by atoms with Gasteiger partial charge in [0.2, 0.25) is 0 Å². The van der Waals surface area contributed by atoms with Gasteiger partial charge >= 0.3 is 13.7 Å². The molecule has 0 radical (unpaired) electrons. The zero-order valence-corrected chi connectivity index (χ0v) is 60.5. The van der Waals surface area contributed by atoms with Crippen molar-refractivity contribution < 1.29 is 118 Å². The Morgan fingerprint density at radius 3 is 1.04 bits per heavy atom. The molecular formula is C70H111N2O26P. The van der Waals surface area contributed by atoms with Crippen LogP contribution in [0.4, 0.5) is 4.79 Å². The third kappa shape index (κ3) is 47.9. The molecule has 0 aliphatic rings. The molecule has 28 nitrogen and oxygen atoms in total. The molecule has 1 unspecified atom stereocenters. The molecule has 1 N–H and O–H groups in total. The first-order valence-electron chi connectivity index (χ1n) is 33.7. The summed E-state index contributed by atoms with van der Waals surface area (Å²) >= 11 is 0. The Bertz CT molecular complexity index is 2620. The summed E-state index contributed by atoms with van der Waals surface area (Å²) in [7, 11) is -1.66. The normalized spacial score (nSPS) is 11.8. The molecule has 0 aliphatic carbocycles. The van der Waals surface area contributed by atoms with Crippen LogP contribution in [0, 0.1) is 37.8 Å². The van der Waals surface area contributed by atoms with E-state index in [1.807, 2.05) is 25.1 Å². The summed E-state index contributed by atoms with van der Waals surface area (Å²) in [5.74, 6) is 1.59. The second kappa shape index (κ2) is 58.9. The van der Waals surface area contributed by atoms with Gasteiger partial charge in [0.15, 0.2) is 0 Å². The number of ether oxygens (including phenoxy) is 19. The summed E-state index contributed by atoms with van der Waals surface area (Å²) in [5.41, 5.74) is 7.85. The molecule has 4 aromatic rings. The average molecular weight is 1430 g/mol. The summed E-state index contributed by atoms with van der Waals surface area (Å²) in [6.07, 6.45) is -0.436. The summed E-state index contributed by atoms with van der Waals surface area (Å²) in [6, 6.07) is 22.7. The fraction of sp³-hybridized carbons (Fsp3) is 0.643. The van der Waals surface area contributed by atoms with Gasteiger partial charge in [-0.25, -0.2) is 4.79 Å². The Kier molecular flexibility index (Phi) is 52.1.